The molecule has 0 aromatic heterocycles. The number of sulfone groups is 1. The van der Waals surface area contributed by atoms with Gasteiger partial charge in [0.1, 0.15) is 17.3 Å². The van der Waals surface area contributed by atoms with Crippen LogP contribution < -0.4 is 4.74 Å². The van der Waals surface area contributed by atoms with E-state index in [1.54, 1.807) is 26.8 Å². The molecule has 0 fully saturated rings. The van der Waals surface area contributed by atoms with Gasteiger partial charge in [-0.1, -0.05) is 15.9 Å². The Kier molecular flexibility index (Phi) is 6.11. The fourth-order valence-electron chi connectivity index (χ4n) is 1.56. The fourth-order valence-corrected chi connectivity index (χ4v) is 4.12. The number of benzene rings is 1. The molecule has 1 aromatic carbocycles. The molecule has 0 saturated heterocycles. The van der Waals surface area contributed by atoms with Crippen LogP contribution in [0.25, 0.3) is 0 Å². The zero-order valence-corrected chi connectivity index (χ0v) is 15.7. The standard InChI is InChI=1S/C12H16BrClO5S2/c1-8(2)20(15,16)5-4-19-12-9(3)6-10(13)7-11(12)21(14,17)18/h6-8H,4-5H2,1-3H3. The maximum absolute atomic E-state index is 11.7. The van der Waals surface area contributed by atoms with Crippen molar-refractivity contribution < 1.29 is 21.6 Å². The van der Waals surface area contributed by atoms with Gasteiger partial charge in [-0.15, -0.1) is 0 Å². The molecular formula is C12H16BrClO5S2. The molecule has 0 N–H and O–H groups in total. The quantitative estimate of drug-likeness (QED) is 0.663. The van der Waals surface area contributed by atoms with Crippen molar-refractivity contribution >= 4 is 45.5 Å². The molecule has 0 aliphatic heterocycles. The van der Waals surface area contributed by atoms with Crippen LogP contribution in [0.15, 0.2) is 21.5 Å². The highest BCUT2D eigenvalue weighted by Crippen LogP contribution is 2.33. The molecule has 0 aliphatic carbocycles. The van der Waals surface area contributed by atoms with Gasteiger partial charge in [-0.3, -0.25) is 0 Å². The van der Waals surface area contributed by atoms with Crippen molar-refractivity contribution in [2.75, 3.05) is 12.4 Å². The zero-order chi connectivity index (χ0) is 16.4. The summed E-state index contributed by atoms with van der Waals surface area (Å²) < 4.78 is 52.5. The molecule has 120 valence electrons. The first kappa shape index (κ1) is 18.7. The molecule has 0 radical (unpaired) electrons. The van der Waals surface area contributed by atoms with Gasteiger partial charge in [0.25, 0.3) is 9.05 Å². The first-order valence-corrected chi connectivity index (χ1v) is 10.9. The number of ether oxygens (including phenoxy) is 1. The zero-order valence-electron chi connectivity index (χ0n) is 11.8. The molecule has 21 heavy (non-hydrogen) atoms. The van der Waals surface area contributed by atoms with Crippen molar-refractivity contribution in [2.45, 2.75) is 30.9 Å². The molecule has 1 aromatic rings. The van der Waals surface area contributed by atoms with E-state index in [-0.39, 0.29) is 23.0 Å². The summed E-state index contributed by atoms with van der Waals surface area (Å²) in [6.45, 7) is 4.68. The predicted octanol–water partition coefficient (Wildman–Crippen LogP) is 2.89. The lowest BCUT2D eigenvalue weighted by Crippen LogP contribution is -2.22. The summed E-state index contributed by atoms with van der Waals surface area (Å²) in [7, 11) is -1.87. The molecule has 5 nitrogen and oxygen atoms in total. The second kappa shape index (κ2) is 6.85. The molecule has 0 unspecified atom stereocenters. The molecular weight excluding hydrogens is 404 g/mol. The molecule has 0 aliphatic rings. The van der Waals surface area contributed by atoms with Gasteiger partial charge in [0.05, 0.1) is 11.0 Å². The third-order valence-electron chi connectivity index (χ3n) is 2.80. The molecule has 0 amide bonds. The first-order chi connectivity index (χ1) is 9.45. The summed E-state index contributed by atoms with van der Waals surface area (Å²) in [5.74, 6) is -0.116. The van der Waals surface area contributed by atoms with E-state index in [4.69, 9.17) is 15.4 Å². The second-order valence-corrected chi connectivity index (χ2v) is 10.9. The van der Waals surface area contributed by atoms with Gasteiger partial charge in [0, 0.05) is 15.2 Å². The van der Waals surface area contributed by atoms with Crippen LogP contribution in [0.2, 0.25) is 0 Å². The van der Waals surface area contributed by atoms with Gasteiger partial charge < -0.3 is 4.74 Å². The summed E-state index contributed by atoms with van der Waals surface area (Å²) in [6, 6.07) is 2.99. The van der Waals surface area contributed by atoms with Crippen LogP contribution in [-0.2, 0) is 18.9 Å². The predicted molar refractivity (Wildman–Crippen MR) is 86.3 cm³/mol. The highest BCUT2D eigenvalue weighted by Gasteiger charge is 2.21. The van der Waals surface area contributed by atoms with E-state index < -0.39 is 24.1 Å². The number of aryl methyl sites for hydroxylation is 1. The minimum absolute atomic E-state index is 0.0761. The second-order valence-electron chi connectivity index (χ2n) is 4.75. The summed E-state index contributed by atoms with van der Waals surface area (Å²) in [6.07, 6.45) is 0. The van der Waals surface area contributed by atoms with Gasteiger partial charge in [-0.25, -0.2) is 16.8 Å². The Morgan fingerprint density at radius 3 is 2.29 bits per heavy atom. The van der Waals surface area contributed by atoms with Gasteiger partial charge in [0.2, 0.25) is 0 Å². The molecule has 0 bridgehead atoms. The molecule has 0 saturated carbocycles. The molecule has 0 spiro atoms. The van der Waals surface area contributed by atoms with Crippen molar-refractivity contribution in [2.24, 2.45) is 0 Å². The van der Waals surface area contributed by atoms with Crippen molar-refractivity contribution in [1.29, 1.82) is 0 Å². The van der Waals surface area contributed by atoms with E-state index in [0.29, 0.717) is 10.0 Å². The maximum atomic E-state index is 11.7. The Balaban J connectivity index is 3.05. The van der Waals surface area contributed by atoms with E-state index in [2.05, 4.69) is 15.9 Å². The topological polar surface area (TPSA) is 77.5 Å². The lowest BCUT2D eigenvalue weighted by Gasteiger charge is -2.14. The van der Waals surface area contributed by atoms with Crippen molar-refractivity contribution in [1.82, 2.24) is 0 Å². The molecule has 9 heteroatoms. The lowest BCUT2D eigenvalue weighted by atomic mass is 10.2. The highest BCUT2D eigenvalue weighted by molar-refractivity contribution is 9.10. The Morgan fingerprint density at radius 2 is 1.81 bits per heavy atom. The van der Waals surface area contributed by atoms with E-state index in [9.17, 15) is 16.8 Å². The van der Waals surface area contributed by atoms with Gasteiger partial charge in [-0.05, 0) is 38.5 Å². The highest BCUT2D eigenvalue weighted by atomic mass is 79.9. The lowest BCUT2D eigenvalue weighted by molar-refractivity contribution is 0.329. The van der Waals surface area contributed by atoms with Crippen molar-refractivity contribution in [3.63, 3.8) is 0 Å². The molecule has 0 atom stereocenters. The van der Waals surface area contributed by atoms with Crippen LogP contribution in [0.3, 0.4) is 0 Å². The first-order valence-electron chi connectivity index (χ1n) is 6.04. The normalized spacial score (nSPS) is 12.7. The number of rotatable bonds is 6. The summed E-state index contributed by atoms with van der Waals surface area (Å²) in [5.41, 5.74) is 0.547. The number of hydrogen-bond donors (Lipinski definition) is 0. The SMILES string of the molecule is Cc1cc(Br)cc(S(=O)(=O)Cl)c1OCCS(=O)(=O)C(C)C. The maximum Gasteiger partial charge on any atom is 0.265 e. The summed E-state index contributed by atoms with van der Waals surface area (Å²) in [4.78, 5) is -0.182. The van der Waals surface area contributed by atoms with Crippen LogP contribution in [0.1, 0.15) is 19.4 Å². The van der Waals surface area contributed by atoms with Crippen LogP contribution in [0.4, 0.5) is 0 Å². The van der Waals surface area contributed by atoms with Gasteiger partial charge >= 0.3 is 0 Å². The minimum atomic E-state index is -3.99. The van der Waals surface area contributed by atoms with Gasteiger partial charge in [0.15, 0.2) is 9.84 Å². The van der Waals surface area contributed by atoms with Crippen molar-refractivity contribution in [3.8, 4) is 5.75 Å². The van der Waals surface area contributed by atoms with Crippen LogP contribution in [0.5, 0.6) is 5.75 Å². The average molecular weight is 420 g/mol. The third kappa shape index (κ3) is 5.12. The van der Waals surface area contributed by atoms with Crippen LogP contribution in [-0.4, -0.2) is 34.4 Å². The summed E-state index contributed by atoms with van der Waals surface area (Å²) >= 11 is 3.18. The van der Waals surface area contributed by atoms with Crippen molar-refractivity contribution in [3.05, 3.63) is 22.2 Å². The van der Waals surface area contributed by atoms with Crippen LogP contribution in [0, 0.1) is 6.92 Å². The molecule has 1 rings (SSSR count). The minimum Gasteiger partial charge on any atom is -0.491 e. The van der Waals surface area contributed by atoms with E-state index >= 15 is 0 Å². The smallest absolute Gasteiger partial charge is 0.265 e. The van der Waals surface area contributed by atoms with Gasteiger partial charge in [-0.2, -0.15) is 0 Å². The van der Waals surface area contributed by atoms with E-state index in [1.165, 1.54) is 6.07 Å². The van der Waals surface area contributed by atoms with E-state index in [1.807, 2.05) is 0 Å². The Morgan fingerprint density at radius 1 is 1.24 bits per heavy atom. The Bertz CT molecular complexity index is 726. The number of hydrogen-bond acceptors (Lipinski definition) is 5. The monoisotopic (exact) mass is 418 g/mol. The summed E-state index contributed by atoms with van der Waals surface area (Å²) in [5, 5.41) is -0.511. The Labute approximate surface area is 138 Å². The molecule has 0 heterocycles. The number of halogens is 2. The fraction of sp³-hybridized carbons (Fsp3) is 0.500. The average Bonchev–Trinajstić information content (AvgIpc) is 2.29. The third-order valence-corrected chi connectivity index (χ3v) is 6.76. The van der Waals surface area contributed by atoms with E-state index in [0.717, 1.165) is 0 Å². The Hall–Kier alpha value is -0.310. The van der Waals surface area contributed by atoms with Crippen LogP contribution >= 0.6 is 26.6 Å². The largest absolute Gasteiger partial charge is 0.491 e.